The van der Waals surface area contributed by atoms with Crippen LogP contribution in [0.5, 0.6) is 11.5 Å². The Kier molecular flexibility index (Phi) is 6.66. The Balaban J connectivity index is 1.37. The van der Waals surface area contributed by atoms with Crippen molar-refractivity contribution in [2.24, 2.45) is 0 Å². The predicted octanol–water partition coefficient (Wildman–Crippen LogP) is 1.74. The van der Waals surface area contributed by atoms with Crippen LogP contribution in [0, 0.1) is 0 Å². The van der Waals surface area contributed by atoms with Gasteiger partial charge < -0.3 is 19.1 Å². The van der Waals surface area contributed by atoms with Crippen molar-refractivity contribution in [1.82, 2.24) is 14.9 Å². The van der Waals surface area contributed by atoms with E-state index < -0.39 is 0 Å². The molecule has 9 nitrogen and oxygen atoms in total. The van der Waals surface area contributed by atoms with E-state index in [0.29, 0.717) is 18.2 Å². The van der Waals surface area contributed by atoms with Crippen molar-refractivity contribution < 1.29 is 24.3 Å². The van der Waals surface area contributed by atoms with Crippen LogP contribution in [0.4, 0.5) is 17.3 Å². The molecule has 34 heavy (non-hydrogen) atoms. The van der Waals surface area contributed by atoms with E-state index >= 15 is 0 Å². The highest BCUT2D eigenvalue weighted by atomic mass is 16.5. The molecule has 0 spiro atoms. The van der Waals surface area contributed by atoms with Gasteiger partial charge >= 0.3 is 5.95 Å². The molecule has 1 amide bonds. The maximum absolute atomic E-state index is 12.7. The molecular formula is C25H28N5O4+. The van der Waals surface area contributed by atoms with Gasteiger partial charge in [0.2, 0.25) is 0 Å². The Hall–Kier alpha value is -3.53. The van der Waals surface area contributed by atoms with Gasteiger partial charge in [-0.2, -0.15) is 9.97 Å². The molecule has 0 bridgehead atoms. The Morgan fingerprint density at radius 3 is 2.82 bits per heavy atom. The molecule has 0 radical (unpaired) electrons. The number of ether oxygens (including phenoxy) is 3. The summed E-state index contributed by atoms with van der Waals surface area (Å²) in [6.07, 6.45) is 1.74. The summed E-state index contributed by atoms with van der Waals surface area (Å²) < 4.78 is 16.4. The molecule has 3 aromatic rings. The molecule has 2 aromatic carbocycles. The molecule has 1 saturated heterocycles. The fourth-order valence-electron chi connectivity index (χ4n) is 4.16. The summed E-state index contributed by atoms with van der Waals surface area (Å²) in [4.78, 5) is 26.0. The van der Waals surface area contributed by atoms with E-state index in [0.717, 1.165) is 61.2 Å². The molecule has 176 valence electrons. The van der Waals surface area contributed by atoms with Crippen molar-refractivity contribution in [3.63, 3.8) is 0 Å². The summed E-state index contributed by atoms with van der Waals surface area (Å²) in [7, 11) is 1.64. The standard InChI is InChI=1S/C25H27N5O4/c1-32-20-4-2-3-19(16-20)27-25-26-8-7-21(28-25)18-5-6-23-22(15-18)30(24(31)17-34-23)10-9-29-11-13-33-14-12-29/h2-8,15-16H,9-14,17H2,1H3,(H,26,27,28)/p+1. The van der Waals surface area contributed by atoms with E-state index in [-0.39, 0.29) is 12.5 Å². The van der Waals surface area contributed by atoms with E-state index in [9.17, 15) is 4.79 Å². The van der Waals surface area contributed by atoms with Gasteiger partial charge in [0.05, 0.1) is 31.7 Å². The fourth-order valence-corrected chi connectivity index (χ4v) is 4.16. The second-order valence-electron chi connectivity index (χ2n) is 8.19. The van der Waals surface area contributed by atoms with Crippen LogP contribution in [0.3, 0.4) is 0 Å². The first-order chi connectivity index (χ1) is 16.7. The van der Waals surface area contributed by atoms with Gasteiger partial charge in [0.15, 0.2) is 6.61 Å². The van der Waals surface area contributed by atoms with Gasteiger partial charge in [0, 0.05) is 44.0 Å². The average molecular weight is 463 g/mol. The van der Waals surface area contributed by atoms with Crippen molar-refractivity contribution in [2.45, 2.75) is 0 Å². The third kappa shape index (κ3) is 5.01. The number of methoxy groups -OCH3 is 1. The number of benzene rings is 2. The molecule has 1 fully saturated rings. The smallest absolute Gasteiger partial charge is 0.331 e. The summed E-state index contributed by atoms with van der Waals surface area (Å²) in [6.45, 7) is 4.71. The zero-order chi connectivity index (χ0) is 23.3. The predicted molar refractivity (Wildman–Crippen MR) is 127 cm³/mol. The van der Waals surface area contributed by atoms with Gasteiger partial charge in [-0.05, 0) is 36.4 Å². The monoisotopic (exact) mass is 462 g/mol. The van der Waals surface area contributed by atoms with E-state index in [4.69, 9.17) is 19.2 Å². The minimum absolute atomic E-state index is 0.0346. The van der Waals surface area contributed by atoms with E-state index in [1.165, 1.54) is 0 Å². The molecule has 2 aliphatic rings. The molecule has 0 saturated carbocycles. The van der Waals surface area contributed by atoms with Crippen molar-refractivity contribution >= 4 is 23.2 Å². The molecule has 0 aliphatic carbocycles. The Labute approximate surface area is 198 Å². The second kappa shape index (κ2) is 10.2. The quantitative estimate of drug-likeness (QED) is 0.535. The highest BCUT2D eigenvalue weighted by Gasteiger charge is 2.27. The molecule has 0 atom stereocenters. The van der Waals surface area contributed by atoms with Gasteiger partial charge in [0.1, 0.15) is 17.2 Å². The highest BCUT2D eigenvalue weighted by Crippen LogP contribution is 2.35. The second-order valence-corrected chi connectivity index (χ2v) is 8.19. The molecule has 1 aromatic heterocycles. The van der Waals surface area contributed by atoms with Crippen LogP contribution in [-0.2, 0) is 9.53 Å². The highest BCUT2D eigenvalue weighted by molar-refractivity contribution is 5.98. The minimum Gasteiger partial charge on any atom is -0.497 e. The first-order valence-corrected chi connectivity index (χ1v) is 11.4. The third-order valence-electron chi connectivity index (χ3n) is 6.01. The van der Waals surface area contributed by atoms with Gasteiger partial charge in [-0.25, -0.2) is 5.32 Å². The van der Waals surface area contributed by atoms with Crippen molar-refractivity contribution in [3.8, 4) is 22.8 Å². The summed E-state index contributed by atoms with van der Waals surface area (Å²) in [5.74, 6) is 2.05. The van der Waals surface area contributed by atoms with Gasteiger partial charge in [0.25, 0.3) is 5.91 Å². The number of rotatable bonds is 7. The lowest BCUT2D eigenvalue weighted by Crippen LogP contribution is -2.72. The largest absolute Gasteiger partial charge is 0.497 e. The number of fused-ring (bicyclic) bond motifs is 1. The zero-order valence-electron chi connectivity index (χ0n) is 19.1. The Morgan fingerprint density at radius 1 is 1.09 bits per heavy atom. The number of carbonyl (C=O) groups excluding carboxylic acids is 1. The van der Waals surface area contributed by atoms with E-state index in [1.807, 2.05) is 58.7 Å². The van der Waals surface area contributed by atoms with Gasteiger partial charge in [-0.1, -0.05) is 6.07 Å². The normalized spacial score (nSPS) is 16.1. The number of aromatic nitrogens is 2. The molecule has 3 heterocycles. The number of hydrogen-bond acceptors (Lipinski definition) is 7. The number of amides is 1. The van der Waals surface area contributed by atoms with Crippen molar-refractivity contribution in [2.75, 3.05) is 58.0 Å². The van der Waals surface area contributed by atoms with Crippen molar-refractivity contribution in [1.29, 1.82) is 0 Å². The van der Waals surface area contributed by atoms with Crippen LogP contribution in [0.1, 0.15) is 0 Å². The van der Waals surface area contributed by atoms with Crippen molar-refractivity contribution in [3.05, 3.63) is 54.7 Å². The Bertz CT molecular complexity index is 1170. The van der Waals surface area contributed by atoms with Crippen LogP contribution >= 0.6 is 0 Å². The molecule has 5 rings (SSSR count). The third-order valence-corrected chi connectivity index (χ3v) is 6.01. The molecule has 9 heteroatoms. The minimum atomic E-state index is -0.0346. The van der Waals surface area contributed by atoms with Gasteiger partial charge in [-0.3, -0.25) is 9.69 Å². The molecule has 2 aliphatic heterocycles. The number of nitrogens with zero attached hydrogens (tertiary/aromatic N) is 4. The van der Waals surface area contributed by atoms with Crippen LogP contribution in [0.15, 0.2) is 54.7 Å². The number of anilines is 1. The lowest BCUT2D eigenvalue weighted by atomic mass is 10.1. The number of hydrogen-bond donors (Lipinski definition) is 1. The SMILES string of the molecule is COc1cccc([NH2+]c2nccc(-c3ccc4c(c3)N(CCN3CCOCC3)C(=O)CO4)n2)c1. The van der Waals surface area contributed by atoms with Crippen LogP contribution in [0.25, 0.3) is 11.3 Å². The lowest BCUT2D eigenvalue weighted by Gasteiger charge is -2.33. The van der Waals surface area contributed by atoms with Crippen LogP contribution < -0.4 is 19.7 Å². The summed E-state index contributed by atoms with van der Waals surface area (Å²) in [5.41, 5.74) is 3.41. The lowest BCUT2D eigenvalue weighted by molar-refractivity contribution is -0.487. The molecule has 2 N–H and O–H groups in total. The van der Waals surface area contributed by atoms with Gasteiger partial charge in [-0.15, -0.1) is 0 Å². The molecule has 0 unspecified atom stereocenters. The maximum atomic E-state index is 12.7. The van der Waals surface area contributed by atoms with E-state index in [1.54, 1.807) is 13.3 Å². The first kappa shape index (κ1) is 22.3. The fraction of sp³-hybridized carbons (Fsp3) is 0.320. The maximum Gasteiger partial charge on any atom is 0.331 e. The number of quaternary nitrogens is 1. The Morgan fingerprint density at radius 2 is 1.97 bits per heavy atom. The zero-order valence-corrected chi connectivity index (χ0v) is 19.1. The average Bonchev–Trinajstić information content (AvgIpc) is 2.88. The summed E-state index contributed by atoms with van der Waals surface area (Å²) in [5, 5.41) is 1.91. The summed E-state index contributed by atoms with van der Waals surface area (Å²) >= 11 is 0. The topological polar surface area (TPSA) is 93.6 Å². The molecular weight excluding hydrogens is 434 g/mol. The number of nitrogens with two attached hydrogens (primary N) is 1. The van der Waals surface area contributed by atoms with Crippen LogP contribution in [0.2, 0.25) is 0 Å². The number of carbonyl (C=O) groups is 1. The van der Waals surface area contributed by atoms with Crippen LogP contribution in [-0.4, -0.2) is 73.9 Å². The summed E-state index contributed by atoms with van der Waals surface area (Å²) in [6, 6.07) is 15.5. The number of morpholine rings is 1. The first-order valence-electron chi connectivity index (χ1n) is 11.4. The van der Waals surface area contributed by atoms with E-state index in [2.05, 4.69) is 9.88 Å².